The molecule has 0 aliphatic carbocycles. The molecule has 2 aromatic heterocycles. The molecule has 0 saturated carbocycles. The molecule has 0 saturated heterocycles. The fourth-order valence-corrected chi connectivity index (χ4v) is 1.27. The predicted molar refractivity (Wildman–Crippen MR) is 57.8 cm³/mol. The zero-order chi connectivity index (χ0) is 10.6. The normalized spacial score (nSPS) is 9.43. The van der Waals surface area contributed by atoms with Gasteiger partial charge in [0.05, 0.1) is 7.11 Å². The minimum Gasteiger partial charge on any atom is -0.493 e. The van der Waals surface area contributed by atoms with Crippen LogP contribution in [-0.2, 0) is 0 Å². The molecule has 0 aliphatic heterocycles. The van der Waals surface area contributed by atoms with Gasteiger partial charge >= 0.3 is 0 Å². The number of imidazole rings is 1. The van der Waals surface area contributed by atoms with Gasteiger partial charge in [-0.15, -0.1) is 0 Å². The van der Waals surface area contributed by atoms with Crippen LogP contribution in [0.1, 0.15) is 19.5 Å². The molecular formula is C11H16N2O. The van der Waals surface area contributed by atoms with Crippen LogP contribution in [-0.4, -0.2) is 16.5 Å². The SMILES string of the molecule is CC.COc1cccn2c(C)cnc12. The van der Waals surface area contributed by atoms with Crippen LogP contribution in [0.4, 0.5) is 0 Å². The molecule has 0 atom stereocenters. The number of aryl methyl sites for hydroxylation is 1. The van der Waals surface area contributed by atoms with Crippen molar-refractivity contribution in [2.75, 3.05) is 7.11 Å². The van der Waals surface area contributed by atoms with Crippen molar-refractivity contribution in [1.82, 2.24) is 9.38 Å². The second-order valence-corrected chi connectivity index (χ2v) is 2.67. The van der Waals surface area contributed by atoms with Gasteiger partial charge in [-0.3, -0.25) is 0 Å². The predicted octanol–water partition coefficient (Wildman–Crippen LogP) is 2.68. The third-order valence-electron chi connectivity index (χ3n) is 1.90. The van der Waals surface area contributed by atoms with Gasteiger partial charge in [0.25, 0.3) is 0 Å². The van der Waals surface area contributed by atoms with E-state index >= 15 is 0 Å². The molecule has 0 bridgehead atoms. The van der Waals surface area contributed by atoms with E-state index in [0.29, 0.717) is 0 Å². The van der Waals surface area contributed by atoms with E-state index in [-0.39, 0.29) is 0 Å². The maximum Gasteiger partial charge on any atom is 0.179 e. The van der Waals surface area contributed by atoms with E-state index in [9.17, 15) is 0 Å². The van der Waals surface area contributed by atoms with Crippen LogP contribution in [0.2, 0.25) is 0 Å². The van der Waals surface area contributed by atoms with Crippen molar-refractivity contribution >= 4 is 5.65 Å². The average molecular weight is 192 g/mol. The van der Waals surface area contributed by atoms with Gasteiger partial charge in [0, 0.05) is 18.1 Å². The number of pyridine rings is 1. The van der Waals surface area contributed by atoms with Crippen LogP contribution in [0.15, 0.2) is 24.5 Å². The highest BCUT2D eigenvalue weighted by Crippen LogP contribution is 2.17. The summed E-state index contributed by atoms with van der Waals surface area (Å²) in [5, 5.41) is 0. The second-order valence-electron chi connectivity index (χ2n) is 2.67. The number of hydrogen-bond donors (Lipinski definition) is 0. The zero-order valence-corrected chi connectivity index (χ0v) is 9.11. The summed E-state index contributed by atoms with van der Waals surface area (Å²) in [5.74, 6) is 0.811. The molecule has 0 amide bonds. The van der Waals surface area contributed by atoms with Crippen molar-refractivity contribution in [3.63, 3.8) is 0 Å². The molecule has 14 heavy (non-hydrogen) atoms. The second kappa shape index (κ2) is 4.65. The van der Waals surface area contributed by atoms with Crippen molar-refractivity contribution in [1.29, 1.82) is 0 Å². The number of fused-ring (bicyclic) bond motifs is 1. The zero-order valence-electron chi connectivity index (χ0n) is 9.11. The molecule has 2 aromatic rings. The lowest BCUT2D eigenvalue weighted by atomic mass is 10.4. The van der Waals surface area contributed by atoms with Gasteiger partial charge in [-0.25, -0.2) is 4.98 Å². The highest BCUT2D eigenvalue weighted by Gasteiger charge is 2.02. The molecule has 0 spiro atoms. The number of rotatable bonds is 1. The van der Waals surface area contributed by atoms with E-state index < -0.39 is 0 Å². The fraction of sp³-hybridized carbons (Fsp3) is 0.364. The third-order valence-corrected chi connectivity index (χ3v) is 1.90. The van der Waals surface area contributed by atoms with Crippen molar-refractivity contribution in [2.24, 2.45) is 0 Å². The first-order chi connectivity index (χ1) is 6.83. The number of nitrogens with zero attached hydrogens (tertiary/aromatic N) is 2. The van der Waals surface area contributed by atoms with Crippen LogP contribution in [0.3, 0.4) is 0 Å². The van der Waals surface area contributed by atoms with E-state index in [1.165, 1.54) is 0 Å². The Labute approximate surface area is 84.3 Å². The van der Waals surface area contributed by atoms with Gasteiger partial charge in [0.15, 0.2) is 11.4 Å². The van der Waals surface area contributed by atoms with Crippen molar-refractivity contribution in [3.05, 3.63) is 30.2 Å². The van der Waals surface area contributed by atoms with E-state index in [4.69, 9.17) is 4.74 Å². The van der Waals surface area contributed by atoms with Gasteiger partial charge < -0.3 is 9.14 Å². The average Bonchev–Trinajstić information content (AvgIpc) is 2.64. The Morgan fingerprint density at radius 1 is 1.36 bits per heavy atom. The smallest absolute Gasteiger partial charge is 0.179 e. The van der Waals surface area contributed by atoms with Gasteiger partial charge in [0.1, 0.15) is 0 Å². The summed E-state index contributed by atoms with van der Waals surface area (Å²) in [6.45, 7) is 6.01. The monoisotopic (exact) mass is 192 g/mol. The number of aromatic nitrogens is 2. The molecule has 0 aliphatic rings. The Balaban J connectivity index is 0.000000461. The van der Waals surface area contributed by atoms with E-state index in [2.05, 4.69) is 4.98 Å². The lowest BCUT2D eigenvalue weighted by Crippen LogP contribution is -1.90. The van der Waals surface area contributed by atoms with Gasteiger partial charge in [-0.2, -0.15) is 0 Å². The molecule has 2 heterocycles. The van der Waals surface area contributed by atoms with Crippen LogP contribution < -0.4 is 4.74 Å². The first-order valence-corrected chi connectivity index (χ1v) is 4.79. The molecule has 0 N–H and O–H groups in total. The standard InChI is InChI=1S/C9H10N2O.C2H6/c1-7-6-10-9-8(12-2)4-3-5-11(7)9;1-2/h3-6H,1-2H3;1-2H3. The van der Waals surface area contributed by atoms with Crippen molar-refractivity contribution in [3.8, 4) is 5.75 Å². The highest BCUT2D eigenvalue weighted by atomic mass is 16.5. The van der Waals surface area contributed by atoms with Crippen molar-refractivity contribution in [2.45, 2.75) is 20.8 Å². The van der Waals surface area contributed by atoms with E-state index in [1.54, 1.807) is 7.11 Å². The first kappa shape index (κ1) is 10.6. The van der Waals surface area contributed by atoms with Crippen LogP contribution in [0, 0.1) is 6.92 Å². The summed E-state index contributed by atoms with van der Waals surface area (Å²) < 4.78 is 7.16. The quantitative estimate of drug-likeness (QED) is 0.694. The summed E-state index contributed by atoms with van der Waals surface area (Å²) in [6, 6.07) is 3.85. The molecule has 76 valence electrons. The lowest BCUT2D eigenvalue weighted by Gasteiger charge is -2.01. The minimum absolute atomic E-state index is 0.811. The van der Waals surface area contributed by atoms with Crippen LogP contribution in [0.5, 0.6) is 5.75 Å². The molecule has 0 radical (unpaired) electrons. The minimum atomic E-state index is 0.811. The van der Waals surface area contributed by atoms with Crippen molar-refractivity contribution < 1.29 is 4.74 Å². The summed E-state index contributed by atoms with van der Waals surface area (Å²) in [6.07, 6.45) is 3.80. The Kier molecular flexibility index (Phi) is 3.51. The topological polar surface area (TPSA) is 26.5 Å². The molecule has 0 fully saturated rings. The molecular weight excluding hydrogens is 176 g/mol. The van der Waals surface area contributed by atoms with E-state index in [0.717, 1.165) is 17.1 Å². The lowest BCUT2D eigenvalue weighted by molar-refractivity contribution is 0.417. The molecule has 3 heteroatoms. The molecule has 2 rings (SSSR count). The number of methoxy groups -OCH3 is 1. The third kappa shape index (κ3) is 1.71. The summed E-state index contributed by atoms with van der Waals surface area (Å²) in [7, 11) is 1.65. The Morgan fingerprint density at radius 2 is 2.07 bits per heavy atom. The maximum absolute atomic E-state index is 5.16. The molecule has 3 nitrogen and oxygen atoms in total. The summed E-state index contributed by atoms with van der Waals surface area (Å²) in [5.41, 5.74) is 1.99. The fourth-order valence-electron chi connectivity index (χ4n) is 1.27. The largest absolute Gasteiger partial charge is 0.493 e. The highest BCUT2D eigenvalue weighted by molar-refractivity contribution is 5.54. The Hall–Kier alpha value is -1.51. The Bertz CT molecular complexity index is 407. The first-order valence-electron chi connectivity index (χ1n) is 4.79. The Morgan fingerprint density at radius 3 is 2.71 bits per heavy atom. The molecule has 0 unspecified atom stereocenters. The summed E-state index contributed by atoms with van der Waals surface area (Å²) in [4.78, 5) is 4.23. The van der Waals surface area contributed by atoms with Crippen LogP contribution in [0.25, 0.3) is 5.65 Å². The molecule has 0 aromatic carbocycles. The van der Waals surface area contributed by atoms with Gasteiger partial charge in [0.2, 0.25) is 0 Å². The van der Waals surface area contributed by atoms with E-state index in [1.807, 2.05) is 49.7 Å². The number of ether oxygens (including phenoxy) is 1. The maximum atomic E-state index is 5.16. The number of hydrogen-bond acceptors (Lipinski definition) is 2. The summed E-state index contributed by atoms with van der Waals surface area (Å²) >= 11 is 0. The van der Waals surface area contributed by atoms with Gasteiger partial charge in [-0.1, -0.05) is 13.8 Å². The van der Waals surface area contributed by atoms with Crippen LogP contribution >= 0.6 is 0 Å². The van der Waals surface area contributed by atoms with Gasteiger partial charge in [-0.05, 0) is 19.1 Å².